The first-order chi connectivity index (χ1) is 9.23. The number of likely N-dealkylation sites (N-methyl/N-ethyl adjacent to an activating group) is 1. The van der Waals surface area contributed by atoms with Crippen LogP contribution in [0.25, 0.3) is 0 Å². The molecule has 1 aliphatic heterocycles. The molecule has 0 aliphatic carbocycles. The van der Waals surface area contributed by atoms with Crippen LogP contribution in [0.1, 0.15) is 39.7 Å². The maximum Gasteiger partial charge on any atom is 0.123 e. The minimum absolute atomic E-state index is 0.0921. The number of benzene rings is 1. The van der Waals surface area contributed by atoms with E-state index in [9.17, 15) is 4.39 Å². The van der Waals surface area contributed by atoms with Crippen LogP contribution in [0.5, 0.6) is 0 Å². The molecule has 1 fully saturated rings. The van der Waals surface area contributed by atoms with Gasteiger partial charge in [-0.1, -0.05) is 12.1 Å². The van der Waals surface area contributed by atoms with E-state index in [4.69, 9.17) is 4.74 Å². The molecular weight excluding hydrogens is 253 g/mol. The lowest BCUT2D eigenvalue weighted by Crippen LogP contribution is -2.44. The first-order valence-electron chi connectivity index (χ1n) is 7.35. The zero-order chi connectivity index (χ0) is 15.0. The second kappa shape index (κ2) is 5.45. The molecule has 0 spiro atoms. The van der Waals surface area contributed by atoms with Crippen LogP contribution in [0.15, 0.2) is 24.3 Å². The summed E-state index contributed by atoms with van der Waals surface area (Å²) in [6, 6.07) is 7.16. The third-order valence-corrected chi connectivity index (χ3v) is 4.34. The van der Waals surface area contributed by atoms with Crippen molar-refractivity contribution in [3.05, 3.63) is 35.6 Å². The fourth-order valence-corrected chi connectivity index (χ4v) is 3.59. The number of hydrogen-bond acceptors (Lipinski definition) is 2. The molecule has 1 aliphatic rings. The molecule has 0 radical (unpaired) electrons. The molecule has 1 aromatic carbocycles. The molecule has 2 rings (SSSR count). The summed E-state index contributed by atoms with van der Waals surface area (Å²) in [4.78, 5) is 0. The predicted octanol–water partition coefficient (Wildman–Crippen LogP) is 3.55. The lowest BCUT2D eigenvalue weighted by molar-refractivity contribution is -0.0774. The normalized spacial score (nSPS) is 25.6. The maximum atomic E-state index is 13.3. The Hall–Kier alpha value is -0.930. The van der Waals surface area contributed by atoms with E-state index in [1.807, 2.05) is 13.1 Å². The highest BCUT2D eigenvalue weighted by Gasteiger charge is 2.48. The Bertz CT molecular complexity index is 470. The van der Waals surface area contributed by atoms with Crippen LogP contribution in [0.3, 0.4) is 0 Å². The average Bonchev–Trinajstić information content (AvgIpc) is 2.54. The molecule has 2 nitrogen and oxygen atoms in total. The molecule has 1 aromatic rings. The van der Waals surface area contributed by atoms with Gasteiger partial charge in [0.1, 0.15) is 5.82 Å². The molecule has 0 amide bonds. The van der Waals surface area contributed by atoms with Gasteiger partial charge in [-0.2, -0.15) is 0 Å². The van der Waals surface area contributed by atoms with E-state index in [1.165, 1.54) is 6.07 Å². The van der Waals surface area contributed by atoms with E-state index in [1.54, 1.807) is 12.1 Å². The van der Waals surface area contributed by atoms with E-state index >= 15 is 0 Å². The van der Waals surface area contributed by atoms with Crippen molar-refractivity contribution in [1.29, 1.82) is 0 Å². The number of ether oxygens (including phenoxy) is 1. The molecule has 0 saturated carbocycles. The molecule has 3 heteroatoms. The molecule has 1 N–H and O–H groups in total. The Morgan fingerprint density at radius 3 is 2.55 bits per heavy atom. The Labute approximate surface area is 121 Å². The van der Waals surface area contributed by atoms with E-state index in [-0.39, 0.29) is 23.1 Å². The Morgan fingerprint density at radius 1 is 1.35 bits per heavy atom. The quantitative estimate of drug-likeness (QED) is 0.910. The summed E-state index contributed by atoms with van der Waals surface area (Å²) in [6.07, 6.45) is 1.84. The summed E-state index contributed by atoms with van der Waals surface area (Å²) >= 11 is 0. The molecule has 0 aromatic heterocycles. The summed E-state index contributed by atoms with van der Waals surface area (Å²) in [5.74, 6) is 0.241. The van der Waals surface area contributed by atoms with Gasteiger partial charge in [0.05, 0.1) is 11.2 Å². The SMILES string of the molecule is CNC(Cc1cccc(F)c1)C1CC(C)(C)OC1(C)C. The smallest absolute Gasteiger partial charge is 0.123 e. The highest BCUT2D eigenvalue weighted by molar-refractivity contribution is 5.18. The highest BCUT2D eigenvalue weighted by Crippen LogP contribution is 2.44. The third-order valence-electron chi connectivity index (χ3n) is 4.34. The van der Waals surface area contributed by atoms with Crippen LogP contribution in [-0.4, -0.2) is 24.3 Å². The van der Waals surface area contributed by atoms with Gasteiger partial charge in [0, 0.05) is 12.0 Å². The van der Waals surface area contributed by atoms with Crippen molar-refractivity contribution in [2.75, 3.05) is 7.05 Å². The van der Waals surface area contributed by atoms with Crippen molar-refractivity contribution in [3.63, 3.8) is 0 Å². The molecule has 2 atom stereocenters. The largest absolute Gasteiger partial charge is 0.369 e. The lowest BCUT2D eigenvalue weighted by atomic mass is 9.79. The third kappa shape index (κ3) is 3.39. The van der Waals surface area contributed by atoms with Gasteiger partial charge in [0.15, 0.2) is 0 Å². The van der Waals surface area contributed by atoms with Crippen LogP contribution in [0, 0.1) is 11.7 Å². The standard InChI is InChI=1S/C17H26FNO/c1-16(2)11-14(17(3,4)20-16)15(19-5)10-12-7-6-8-13(18)9-12/h6-9,14-15,19H,10-11H2,1-5H3. The van der Waals surface area contributed by atoms with Crippen molar-refractivity contribution in [1.82, 2.24) is 5.32 Å². The van der Waals surface area contributed by atoms with Crippen LogP contribution < -0.4 is 5.32 Å². The van der Waals surface area contributed by atoms with E-state index < -0.39 is 0 Å². The minimum Gasteiger partial charge on any atom is -0.369 e. The van der Waals surface area contributed by atoms with Crippen molar-refractivity contribution in [2.24, 2.45) is 5.92 Å². The van der Waals surface area contributed by atoms with Crippen molar-refractivity contribution in [2.45, 2.75) is 57.8 Å². The second-order valence-electron chi connectivity index (χ2n) is 7.01. The first kappa shape index (κ1) is 15.5. The van der Waals surface area contributed by atoms with Crippen molar-refractivity contribution in [3.8, 4) is 0 Å². The molecule has 1 saturated heterocycles. The summed E-state index contributed by atoms with van der Waals surface area (Å²) < 4.78 is 19.5. The fourth-order valence-electron chi connectivity index (χ4n) is 3.59. The maximum absolute atomic E-state index is 13.3. The minimum atomic E-state index is -0.167. The predicted molar refractivity (Wildman–Crippen MR) is 80.3 cm³/mol. The van der Waals surface area contributed by atoms with Gasteiger partial charge in [-0.25, -0.2) is 4.39 Å². The molecule has 112 valence electrons. The first-order valence-corrected chi connectivity index (χ1v) is 7.35. The Kier molecular flexibility index (Phi) is 4.22. The summed E-state index contributed by atoms with van der Waals surface area (Å²) in [5, 5.41) is 3.40. The number of nitrogens with one attached hydrogen (secondary N) is 1. The van der Waals surface area contributed by atoms with Gasteiger partial charge in [0.2, 0.25) is 0 Å². The van der Waals surface area contributed by atoms with Crippen LogP contribution >= 0.6 is 0 Å². The zero-order valence-corrected chi connectivity index (χ0v) is 13.2. The van der Waals surface area contributed by atoms with E-state index in [0.29, 0.717) is 5.92 Å². The Morgan fingerprint density at radius 2 is 2.05 bits per heavy atom. The molecule has 1 heterocycles. The summed E-state index contributed by atoms with van der Waals surface area (Å²) in [5.41, 5.74) is 0.778. The number of halogens is 1. The van der Waals surface area contributed by atoms with Crippen LogP contribution in [0.2, 0.25) is 0 Å². The fraction of sp³-hybridized carbons (Fsp3) is 0.647. The monoisotopic (exact) mass is 279 g/mol. The molecule has 20 heavy (non-hydrogen) atoms. The highest BCUT2D eigenvalue weighted by atomic mass is 19.1. The van der Waals surface area contributed by atoms with E-state index in [2.05, 4.69) is 33.0 Å². The number of hydrogen-bond donors (Lipinski definition) is 1. The Balaban J connectivity index is 2.16. The average molecular weight is 279 g/mol. The van der Waals surface area contributed by atoms with Gasteiger partial charge < -0.3 is 10.1 Å². The second-order valence-corrected chi connectivity index (χ2v) is 7.01. The summed E-state index contributed by atoms with van der Waals surface area (Å²) in [6.45, 7) is 8.60. The molecular formula is C17H26FNO. The lowest BCUT2D eigenvalue weighted by Gasteiger charge is -2.33. The van der Waals surface area contributed by atoms with Crippen LogP contribution in [-0.2, 0) is 11.2 Å². The van der Waals surface area contributed by atoms with Crippen molar-refractivity contribution >= 4 is 0 Å². The number of rotatable bonds is 4. The van der Waals surface area contributed by atoms with Gasteiger partial charge in [0.25, 0.3) is 0 Å². The van der Waals surface area contributed by atoms with Gasteiger partial charge >= 0.3 is 0 Å². The van der Waals surface area contributed by atoms with Gasteiger partial charge in [-0.05, 0) is 65.3 Å². The molecule has 0 bridgehead atoms. The van der Waals surface area contributed by atoms with Gasteiger partial charge in [-0.15, -0.1) is 0 Å². The van der Waals surface area contributed by atoms with Crippen LogP contribution in [0.4, 0.5) is 4.39 Å². The van der Waals surface area contributed by atoms with E-state index in [0.717, 1.165) is 18.4 Å². The van der Waals surface area contributed by atoms with Crippen molar-refractivity contribution < 1.29 is 9.13 Å². The topological polar surface area (TPSA) is 21.3 Å². The zero-order valence-electron chi connectivity index (χ0n) is 13.2. The summed E-state index contributed by atoms with van der Waals surface area (Å²) in [7, 11) is 1.98. The molecule has 2 unspecified atom stereocenters. The van der Waals surface area contributed by atoms with Gasteiger partial charge in [-0.3, -0.25) is 0 Å².